The first kappa shape index (κ1) is 24.6. The number of benzene rings is 1. The number of ether oxygens (including phenoxy) is 3. The summed E-state index contributed by atoms with van der Waals surface area (Å²) in [4.78, 5) is 16.7. The number of alkyl carbamates (subject to hydrolysis) is 1. The minimum absolute atomic E-state index is 0.152. The van der Waals surface area contributed by atoms with Crippen LogP contribution >= 0.6 is 0 Å². The molecule has 3 rings (SSSR count). The number of amides is 1. The summed E-state index contributed by atoms with van der Waals surface area (Å²) >= 11 is 0. The zero-order valence-electron chi connectivity index (χ0n) is 20.0. The second kappa shape index (κ2) is 10.3. The standard InChI is InChI=1S/C24H31BN2O6/c1-23(2)24(3,4)33-25(32-23)19(14-18-12-13-20(29-5)27-21(18)30-6)15-26-22(28)31-16-17-10-8-7-9-11-17/h7-14H,15-16H2,1-6H3,(H,26,28). The number of rotatable bonds is 8. The summed E-state index contributed by atoms with van der Waals surface area (Å²) in [6, 6.07) is 13.0. The van der Waals surface area contributed by atoms with E-state index in [0.717, 1.165) is 5.56 Å². The lowest BCUT2D eigenvalue weighted by molar-refractivity contribution is 0.00578. The van der Waals surface area contributed by atoms with Gasteiger partial charge in [0.25, 0.3) is 0 Å². The molecule has 1 saturated heterocycles. The summed E-state index contributed by atoms with van der Waals surface area (Å²) < 4.78 is 28.4. The van der Waals surface area contributed by atoms with Gasteiger partial charge in [0, 0.05) is 18.2 Å². The number of methoxy groups -OCH3 is 2. The van der Waals surface area contributed by atoms with Gasteiger partial charge in [0.05, 0.1) is 25.4 Å². The van der Waals surface area contributed by atoms with E-state index in [4.69, 9.17) is 23.5 Å². The molecule has 176 valence electrons. The molecule has 2 aromatic rings. The van der Waals surface area contributed by atoms with Crippen molar-refractivity contribution in [1.82, 2.24) is 10.3 Å². The molecule has 1 fully saturated rings. The molecule has 0 aliphatic carbocycles. The fraction of sp³-hybridized carbons (Fsp3) is 0.417. The van der Waals surface area contributed by atoms with Crippen LogP contribution in [-0.2, 0) is 20.7 Å². The molecule has 1 aliphatic heterocycles. The van der Waals surface area contributed by atoms with Crippen molar-refractivity contribution in [2.45, 2.75) is 45.5 Å². The molecule has 0 spiro atoms. The van der Waals surface area contributed by atoms with Crippen LogP contribution in [-0.4, -0.2) is 50.2 Å². The molecule has 8 nitrogen and oxygen atoms in total. The van der Waals surface area contributed by atoms with Crippen LogP contribution in [0.2, 0.25) is 0 Å². The van der Waals surface area contributed by atoms with Gasteiger partial charge in [-0.1, -0.05) is 36.4 Å². The highest BCUT2D eigenvalue weighted by Crippen LogP contribution is 2.39. The number of pyridine rings is 1. The van der Waals surface area contributed by atoms with E-state index in [2.05, 4.69) is 10.3 Å². The number of nitrogens with zero attached hydrogens (tertiary/aromatic N) is 1. The number of nitrogens with one attached hydrogen (secondary N) is 1. The van der Waals surface area contributed by atoms with E-state index in [-0.39, 0.29) is 13.2 Å². The Bertz CT molecular complexity index is 978. The Labute approximate surface area is 195 Å². The van der Waals surface area contributed by atoms with Gasteiger partial charge in [0.2, 0.25) is 11.8 Å². The van der Waals surface area contributed by atoms with Crippen LogP contribution in [0.4, 0.5) is 4.79 Å². The molecule has 33 heavy (non-hydrogen) atoms. The van der Waals surface area contributed by atoms with Gasteiger partial charge in [-0.05, 0) is 44.8 Å². The van der Waals surface area contributed by atoms with Crippen molar-refractivity contribution in [3.8, 4) is 11.8 Å². The lowest BCUT2D eigenvalue weighted by atomic mass is 9.77. The fourth-order valence-corrected chi connectivity index (χ4v) is 3.17. The van der Waals surface area contributed by atoms with Crippen molar-refractivity contribution >= 4 is 19.3 Å². The van der Waals surface area contributed by atoms with Crippen molar-refractivity contribution in [1.29, 1.82) is 0 Å². The smallest absolute Gasteiger partial charge is 0.481 e. The molecule has 1 amide bonds. The number of hydrogen-bond donors (Lipinski definition) is 1. The zero-order valence-corrected chi connectivity index (χ0v) is 20.0. The first-order chi connectivity index (χ1) is 15.6. The van der Waals surface area contributed by atoms with Crippen LogP contribution in [0.5, 0.6) is 11.8 Å². The van der Waals surface area contributed by atoms with Crippen molar-refractivity contribution in [3.63, 3.8) is 0 Å². The first-order valence-electron chi connectivity index (χ1n) is 10.7. The maximum atomic E-state index is 12.4. The second-order valence-corrected chi connectivity index (χ2v) is 8.67. The van der Waals surface area contributed by atoms with E-state index < -0.39 is 24.4 Å². The Morgan fingerprint density at radius 3 is 2.30 bits per heavy atom. The van der Waals surface area contributed by atoms with Gasteiger partial charge in [0.1, 0.15) is 6.61 Å². The minimum Gasteiger partial charge on any atom is -0.481 e. The van der Waals surface area contributed by atoms with E-state index in [1.807, 2.05) is 70.2 Å². The highest BCUT2D eigenvalue weighted by molar-refractivity contribution is 6.56. The Morgan fingerprint density at radius 1 is 1.03 bits per heavy atom. The molecule has 0 atom stereocenters. The molecular formula is C24H31BN2O6. The molecule has 1 N–H and O–H groups in total. The average molecular weight is 454 g/mol. The third-order valence-corrected chi connectivity index (χ3v) is 5.81. The monoisotopic (exact) mass is 454 g/mol. The van der Waals surface area contributed by atoms with Gasteiger partial charge in [0.15, 0.2) is 0 Å². The largest absolute Gasteiger partial charge is 0.492 e. The van der Waals surface area contributed by atoms with E-state index >= 15 is 0 Å². The van der Waals surface area contributed by atoms with E-state index in [9.17, 15) is 4.79 Å². The maximum absolute atomic E-state index is 12.4. The third kappa shape index (κ3) is 6.06. The lowest BCUT2D eigenvalue weighted by Gasteiger charge is -2.32. The number of carbonyl (C=O) groups is 1. The quantitative estimate of drug-likeness (QED) is 0.603. The van der Waals surface area contributed by atoms with Crippen molar-refractivity contribution in [2.24, 2.45) is 0 Å². The third-order valence-electron chi connectivity index (χ3n) is 5.81. The zero-order chi connectivity index (χ0) is 24.1. The van der Waals surface area contributed by atoms with Gasteiger partial charge < -0.3 is 28.8 Å². The van der Waals surface area contributed by atoms with Gasteiger partial charge in [-0.15, -0.1) is 0 Å². The summed E-state index contributed by atoms with van der Waals surface area (Å²) in [5, 5.41) is 2.79. The predicted molar refractivity (Wildman–Crippen MR) is 126 cm³/mol. The summed E-state index contributed by atoms with van der Waals surface area (Å²) in [7, 11) is 2.40. The van der Waals surface area contributed by atoms with Crippen LogP contribution in [0.3, 0.4) is 0 Å². The van der Waals surface area contributed by atoms with Crippen LogP contribution in [0.25, 0.3) is 6.08 Å². The normalized spacial score (nSPS) is 16.9. The van der Waals surface area contributed by atoms with Crippen molar-refractivity contribution in [2.75, 3.05) is 20.8 Å². The molecular weight excluding hydrogens is 423 g/mol. The molecule has 0 bridgehead atoms. The highest BCUT2D eigenvalue weighted by atomic mass is 16.7. The van der Waals surface area contributed by atoms with Gasteiger partial charge >= 0.3 is 13.2 Å². The van der Waals surface area contributed by atoms with Crippen LogP contribution in [0.1, 0.15) is 38.8 Å². The second-order valence-electron chi connectivity index (χ2n) is 8.67. The molecule has 1 aliphatic rings. The Kier molecular flexibility index (Phi) is 7.66. The molecule has 2 heterocycles. The fourth-order valence-electron chi connectivity index (χ4n) is 3.17. The molecule has 9 heteroatoms. The molecule has 0 radical (unpaired) electrons. The summed E-state index contributed by atoms with van der Waals surface area (Å²) in [6.07, 6.45) is 1.30. The lowest BCUT2D eigenvalue weighted by Crippen LogP contribution is -2.41. The van der Waals surface area contributed by atoms with Gasteiger partial charge in [-0.2, -0.15) is 4.98 Å². The minimum atomic E-state index is -0.670. The van der Waals surface area contributed by atoms with Crippen molar-refractivity contribution in [3.05, 3.63) is 59.1 Å². The van der Waals surface area contributed by atoms with Crippen LogP contribution in [0.15, 0.2) is 47.9 Å². The van der Waals surface area contributed by atoms with Crippen LogP contribution < -0.4 is 14.8 Å². The molecule has 0 saturated carbocycles. The summed E-state index contributed by atoms with van der Waals surface area (Å²) in [5.74, 6) is 0.818. The van der Waals surface area contributed by atoms with E-state index in [1.165, 1.54) is 14.2 Å². The highest BCUT2D eigenvalue weighted by Gasteiger charge is 2.52. The summed E-state index contributed by atoms with van der Waals surface area (Å²) in [6.45, 7) is 8.23. The Balaban J connectivity index is 1.79. The predicted octanol–water partition coefficient (Wildman–Crippen LogP) is 4.04. The molecule has 0 unspecified atom stereocenters. The number of hydrogen-bond acceptors (Lipinski definition) is 7. The summed E-state index contributed by atoms with van der Waals surface area (Å²) in [5.41, 5.74) is 1.22. The van der Waals surface area contributed by atoms with Crippen LogP contribution in [0, 0.1) is 0 Å². The number of carbonyl (C=O) groups excluding carboxylic acids is 1. The van der Waals surface area contributed by atoms with Gasteiger partial charge in [-0.25, -0.2) is 4.79 Å². The van der Waals surface area contributed by atoms with Gasteiger partial charge in [-0.3, -0.25) is 0 Å². The Morgan fingerprint density at radius 2 is 1.70 bits per heavy atom. The average Bonchev–Trinajstić information content (AvgIpc) is 3.02. The first-order valence-corrected chi connectivity index (χ1v) is 10.7. The topological polar surface area (TPSA) is 88.1 Å². The van der Waals surface area contributed by atoms with E-state index in [1.54, 1.807) is 6.07 Å². The molecule has 1 aromatic heterocycles. The Hall–Kier alpha value is -3.04. The number of aromatic nitrogens is 1. The van der Waals surface area contributed by atoms with Crippen molar-refractivity contribution < 1.29 is 28.3 Å². The maximum Gasteiger partial charge on any atom is 0.492 e. The molecule has 1 aromatic carbocycles. The SMILES string of the molecule is COc1ccc(C=C(CNC(=O)OCc2ccccc2)B2OC(C)(C)C(C)(C)O2)c(OC)n1. The van der Waals surface area contributed by atoms with E-state index in [0.29, 0.717) is 22.8 Å².